The molecule has 1 amide bonds. The molecule has 0 radical (unpaired) electrons. The third-order valence-corrected chi connectivity index (χ3v) is 5.60. The number of rotatable bonds is 5. The minimum absolute atomic E-state index is 0.0969. The van der Waals surface area contributed by atoms with Gasteiger partial charge in [-0.15, -0.1) is 0 Å². The van der Waals surface area contributed by atoms with Gasteiger partial charge >= 0.3 is 0 Å². The van der Waals surface area contributed by atoms with E-state index in [-0.39, 0.29) is 11.9 Å². The van der Waals surface area contributed by atoms with Gasteiger partial charge in [-0.25, -0.2) is 0 Å². The van der Waals surface area contributed by atoms with Gasteiger partial charge in [0.25, 0.3) is 0 Å². The summed E-state index contributed by atoms with van der Waals surface area (Å²) in [4.78, 5) is 14.8. The summed E-state index contributed by atoms with van der Waals surface area (Å²) < 4.78 is 0. The molecule has 0 unspecified atom stereocenters. The fourth-order valence-corrected chi connectivity index (χ4v) is 4.13. The van der Waals surface area contributed by atoms with Gasteiger partial charge in [0.2, 0.25) is 5.91 Å². The number of para-hydroxylation sites is 2. The van der Waals surface area contributed by atoms with Crippen molar-refractivity contribution >= 4 is 17.3 Å². The maximum absolute atomic E-state index is 12.4. The van der Waals surface area contributed by atoms with E-state index < -0.39 is 0 Å². The first-order valence-corrected chi connectivity index (χ1v) is 9.02. The minimum Gasteiger partial charge on any atom is -0.370 e. The number of hydrogen-bond acceptors (Lipinski definition) is 3. The van der Waals surface area contributed by atoms with Crippen molar-refractivity contribution in [2.45, 2.75) is 63.5 Å². The summed E-state index contributed by atoms with van der Waals surface area (Å²) in [5.74, 6) is 0.439. The lowest BCUT2D eigenvalue weighted by atomic mass is 10.00. The van der Waals surface area contributed by atoms with Gasteiger partial charge in [-0.3, -0.25) is 4.79 Å². The molecule has 126 valence electrons. The largest absolute Gasteiger partial charge is 0.370 e. The fourth-order valence-electron chi connectivity index (χ4n) is 4.13. The summed E-state index contributed by atoms with van der Waals surface area (Å²) in [5.41, 5.74) is 8.15. The molecule has 0 saturated heterocycles. The first kappa shape index (κ1) is 16.3. The van der Waals surface area contributed by atoms with Gasteiger partial charge in [0.15, 0.2) is 0 Å². The highest BCUT2D eigenvalue weighted by Crippen LogP contribution is 2.32. The maximum Gasteiger partial charge on any atom is 0.224 e. The molecule has 2 aliphatic carbocycles. The maximum atomic E-state index is 12.4. The van der Waals surface area contributed by atoms with Gasteiger partial charge in [0, 0.05) is 25.6 Å². The molecular weight excluding hydrogens is 286 g/mol. The van der Waals surface area contributed by atoms with E-state index in [1.54, 1.807) is 0 Å². The van der Waals surface area contributed by atoms with Crippen molar-refractivity contribution in [3.63, 3.8) is 0 Å². The van der Waals surface area contributed by atoms with Crippen LogP contribution in [0.1, 0.15) is 51.4 Å². The molecule has 0 heterocycles. The summed E-state index contributed by atoms with van der Waals surface area (Å²) in [6.45, 7) is 0. The Morgan fingerprint density at radius 3 is 2.61 bits per heavy atom. The highest BCUT2D eigenvalue weighted by molar-refractivity contribution is 5.94. The smallest absolute Gasteiger partial charge is 0.224 e. The number of carbonyl (C=O) groups excluding carboxylic acids is 1. The lowest BCUT2D eigenvalue weighted by molar-refractivity contribution is -0.117. The normalized spacial score (nSPS) is 24.8. The summed E-state index contributed by atoms with van der Waals surface area (Å²) >= 11 is 0. The number of carbonyl (C=O) groups is 1. The van der Waals surface area contributed by atoms with Gasteiger partial charge in [0.05, 0.1) is 11.4 Å². The molecule has 0 aliphatic heterocycles. The fraction of sp³-hybridized carbons (Fsp3) is 0.632. The lowest BCUT2D eigenvalue weighted by Gasteiger charge is -2.28. The van der Waals surface area contributed by atoms with Crippen LogP contribution in [0.25, 0.3) is 0 Å². The summed E-state index contributed by atoms with van der Waals surface area (Å²) in [5, 5.41) is 3.13. The van der Waals surface area contributed by atoms with E-state index in [1.165, 1.54) is 25.7 Å². The molecule has 2 atom stereocenters. The molecule has 0 aromatic heterocycles. The molecule has 0 bridgehead atoms. The number of nitrogens with one attached hydrogen (secondary N) is 1. The van der Waals surface area contributed by atoms with Crippen LogP contribution in [0.3, 0.4) is 0 Å². The first-order valence-electron chi connectivity index (χ1n) is 9.02. The summed E-state index contributed by atoms with van der Waals surface area (Å²) in [6, 6.07) is 8.93. The molecule has 3 N–H and O–H groups in total. The van der Waals surface area contributed by atoms with Crippen LogP contribution in [0.15, 0.2) is 24.3 Å². The number of nitrogens with two attached hydrogens (primary N) is 1. The van der Waals surface area contributed by atoms with E-state index >= 15 is 0 Å². The third-order valence-electron chi connectivity index (χ3n) is 5.60. The Labute approximate surface area is 139 Å². The van der Waals surface area contributed by atoms with Gasteiger partial charge < -0.3 is 16.0 Å². The van der Waals surface area contributed by atoms with Crippen molar-refractivity contribution in [2.24, 2.45) is 11.7 Å². The second-order valence-electron chi connectivity index (χ2n) is 7.17. The second-order valence-corrected chi connectivity index (χ2v) is 7.17. The number of amides is 1. The van der Waals surface area contributed by atoms with Crippen LogP contribution in [0.2, 0.25) is 0 Å². The number of nitrogens with zero attached hydrogens (tertiary/aromatic N) is 1. The van der Waals surface area contributed by atoms with Gasteiger partial charge in [-0.05, 0) is 43.7 Å². The van der Waals surface area contributed by atoms with Gasteiger partial charge in [-0.2, -0.15) is 0 Å². The van der Waals surface area contributed by atoms with E-state index in [0.29, 0.717) is 18.4 Å². The molecule has 2 saturated carbocycles. The van der Waals surface area contributed by atoms with Crippen LogP contribution in [-0.4, -0.2) is 25.0 Å². The third kappa shape index (κ3) is 3.86. The molecule has 2 aliphatic rings. The predicted molar refractivity (Wildman–Crippen MR) is 95.7 cm³/mol. The quantitative estimate of drug-likeness (QED) is 0.874. The van der Waals surface area contributed by atoms with E-state index in [1.807, 2.05) is 18.2 Å². The van der Waals surface area contributed by atoms with Crippen LogP contribution in [0, 0.1) is 5.92 Å². The first-order chi connectivity index (χ1) is 11.1. The Morgan fingerprint density at radius 2 is 1.91 bits per heavy atom. The molecular formula is C19H29N3O. The lowest BCUT2D eigenvalue weighted by Crippen LogP contribution is -2.31. The van der Waals surface area contributed by atoms with Crippen molar-refractivity contribution in [2.75, 3.05) is 17.3 Å². The molecule has 3 rings (SSSR count). The van der Waals surface area contributed by atoms with E-state index in [0.717, 1.165) is 30.6 Å². The molecule has 1 aromatic rings. The van der Waals surface area contributed by atoms with Gasteiger partial charge in [-0.1, -0.05) is 31.4 Å². The van der Waals surface area contributed by atoms with Crippen LogP contribution >= 0.6 is 0 Å². The number of anilines is 2. The van der Waals surface area contributed by atoms with Crippen molar-refractivity contribution in [1.82, 2.24) is 0 Å². The second kappa shape index (κ2) is 7.35. The van der Waals surface area contributed by atoms with Crippen LogP contribution in [0.4, 0.5) is 11.4 Å². The predicted octanol–water partition coefficient (Wildman–Crippen LogP) is 3.52. The molecule has 23 heavy (non-hydrogen) atoms. The number of hydrogen-bond donors (Lipinski definition) is 2. The Hall–Kier alpha value is -1.55. The molecule has 4 heteroatoms. The molecule has 0 spiro atoms. The zero-order valence-electron chi connectivity index (χ0n) is 14.1. The topological polar surface area (TPSA) is 58.4 Å². The summed E-state index contributed by atoms with van der Waals surface area (Å²) in [6.07, 6.45) is 8.94. The zero-order valence-corrected chi connectivity index (χ0v) is 14.1. The van der Waals surface area contributed by atoms with E-state index in [9.17, 15) is 4.79 Å². The highest BCUT2D eigenvalue weighted by atomic mass is 16.1. The van der Waals surface area contributed by atoms with Crippen LogP contribution in [-0.2, 0) is 4.79 Å². The van der Waals surface area contributed by atoms with Crippen LogP contribution < -0.4 is 16.0 Å². The van der Waals surface area contributed by atoms with Gasteiger partial charge in [0.1, 0.15) is 0 Å². The number of benzene rings is 1. The van der Waals surface area contributed by atoms with Crippen molar-refractivity contribution in [3.05, 3.63) is 24.3 Å². The zero-order chi connectivity index (χ0) is 16.2. The Bertz CT molecular complexity index is 539. The van der Waals surface area contributed by atoms with Crippen molar-refractivity contribution in [3.8, 4) is 0 Å². The molecule has 2 fully saturated rings. The summed E-state index contributed by atoms with van der Waals surface area (Å²) in [7, 11) is 2.15. The van der Waals surface area contributed by atoms with E-state index in [4.69, 9.17) is 5.73 Å². The van der Waals surface area contributed by atoms with Crippen LogP contribution in [0.5, 0.6) is 0 Å². The standard InChI is InChI=1S/C19H29N3O/c1-22(15-8-2-3-9-15)18-12-5-4-11-17(18)21-19(23)13-14-7-6-10-16(14)20/h4-5,11-12,14-16H,2-3,6-10,13,20H2,1H3,(H,21,23)/t14-,16+/m0/s1. The molecule has 1 aromatic carbocycles. The van der Waals surface area contributed by atoms with E-state index in [2.05, 4.69) is 23.3 Å². The average Bonchev–Trinajstić information content (AvgIpc) is 3.20. The molecule has 4 nitrogen and oxygen atoms in total. The minimum atomic E-state index is 0.0969. The van der Waals surface area contributed by atoms with Crippen molar-refractivity contribution < 1.29 is 4.79 Å². The monoisotopic (exact) mass is 315 g/mol. The SMILES string of the molecule is CN(c1ccccc1NC(=O)C[C@@H]1CCC[C@H]1N)C1CCCC1. The Balaban J connectivity index is 1.66. The Kier molecular flexibility index (Phi) is 5.21. The average molecular weight is 315 g/mol. The highest BCUT2D eigenvalue weighted by Gasteiger charge is 2.27. The Morgan fingerprint density at radius 1 is 1.17 bits per heavy atom. The van der Waals surface area contributed by atoms with Crippen molar-refractivity contribution in [1.29, 1.82) is 0 Å².